The van der Waals surface area contributed by atoms with Gasteiger partial charge in [0.15, 0.2) is 0 Å². The van der Waals surface area contributed by atoms with Crippen LogP contribution in [0.25, 0.3) is 0 Å². The first-order valence-electron chi connectivity index (χ1n) is 7.16. The second-order valence-electron chi connectivity index (χ2n) is 5.17. The number of methoxy groups -OCH3 is 1. The normalized spacial score (nSPS) is 19.0. The molecule has 2 rings (SSSR count). The van der Waals surface area contributed by atoms with Crippen LogP contribution in [0, 0.1) is 5.92 Å². The third-order valence-electron chi connectivity index (χ3n) is 3.82. The van der Waals surface area contributed by atoms with E-state index in [2.05, 4.69) is 18.3 Å². The second kappa shape index (κ2) is 6.95. The Hall–Kier alpha value is -0.800. The van der Waals surface area contributed by atoms with Crippen molar-refractivity contribution in [3.63, 3.8) is 0 Å². The molecule has 102 valence electrons. The second-order valence-corrected chi connectivity index (χ2v) is 5.17. The van der Waals surface area contributed by atoms with Crippen molar-refractivity contribution in [2.24, 2.45) is 5.92 Å². The van der Waals surface area contributed by atoms with Crippen LogP contribution in [0.3, 0.4) is 0 Å². The molecule has 18 heavy (non-hydrogen) atoms. The summed E-state index contributed by atoms with van der Waals surface area (Å²) in [6, 6.07) is 4.52. The van der Waals surface area contributed by atoms with Gasteiger partial charge in [0.2, 0.25) is 0 Å². The summed E-state index contributed by atoms with van der Waals surface area (Å²) in [7, 11) is 1.70. The summed E-state index contributed by atoms with van der Waals surface area (Å²) in [5, 5.41) is 3.59. The first-order valence-corrected chi connectivity index (χ1v) is 7.16. The van der Waals surface area contributed by atoms with Gasteiger partial charge < -0.3 is 14.5 Å². The molecule has 1 N–H and O–H groups in total. The number of nitrogens with one attached hydrogen (secondary N) is 1. The Balaban J connectivity index is 2.06. The summed E-state index contributed by atoms with van der Waals surface area (Å²) >= 11 is 0. The third-order valence-corrected chi connectivity index (χ3v) is 3.82. The molecular formula is C15H25NO2. The van der Waals surface area contributed by atoms with E-state index < -0.39 is 0 Å². The van der Waals surface area contributed by atoms with Crippen LogP contribution in [0.2, 0.25) is 0 Å². The lowest BCUT2D eigenvalue weighted by molar-refractivity contribution is 0.158. The lowest BCUT2D eigenvalue weighted by atomic mass is 9.83. The molecule has 1 aromatic rings. The van der Waals surface area contributed by atoms with Crippen LogP contribution in [-0.2, 0) is 11.3 Å². The Morgan fingerprint density at radius 2 is 2.11 bits per heavy atom. The van der Waals surface area contributed by atoms with Gasteiger partial charge in [-0.15, -0.1) is 0 Å². The fourth-order valence-electron chi connectivity index (χ4n) is 2.97. The maximum absolute atomic E-state index is 5.90. The van der Waals surface area contributed by atoms with E-state index in [1.807, 2.05) is 6.07 Å². The molecule has 3 heteroatoms. The summed E-state index contributed by atoms with van der Waals surface area (Å²) < 4.78 is 11.0. The van der Waals surface area contributed by atoms with Crippen molar-refractivity contribution in [2.75, 3.05) is 13.7 Å². The Morgan fingerprint density at radius 3 is 2.78 bits per heavy atom. The standard InChI is InChI=1S/C15H25NO2/c1-3-16-15(12-7-5-4-6-8-12)14-10-9-13(18-14)11-17-2/h9-10,12,15-16H,3-8,11H2,1-2H3. The van der Waals surface area contributed by atoms with Gasteiger partial charge in [-0.3, -0.25) is 0 Å². The quantitative estimate of drug-likeness (QED) is 0.838. The molecule has 1 fully saturated rings. The van der Waals surface area contributed by atoms with Crippen LogP contribution in [0.4, 0.5) is 0 Å². The minimum absolute atomic E-state index is 0.376. The van der Waals surface area contributed by atoms with Crippen molar-refractivity contribution in [3.05, 3.63) is 23.7 Å². The first-order chi connectivity index (χ1) is 8.85. The molecule has 1 unspecified atom stereocenters. The minimum Gasteiger partial charge on any atom is -0.462 e. The SMILES string of the molecule is CCNC(c1ccc(COC)o1)C1CCCCC1. The Kier molecular flexibility index (Phi) is 5.26. The van der Waals surface area contributed by atoms with Crippen LogP contribution in [0.15, 0.2) is 16.5 Å². The van der Waals surface area contributed by atoms with Crippen LogP contribution in [0.1, 0.15) is 56.6 Å². The zero-order chi connectivity index (χ0) is 12.8. The molecule has 1 aliphatic carbocycles. The fraction of sp³-hybridized carbons (Fsp3) is 0.733. The molecule has 1 aromatic heterocycles. The van der Waals surface area contributed by atoms with E-state index in [9.17, 15) is 0 Å². The molecule has 0 bridgehead atoms. The van der Waals surface area contributed by atoms with E-state index in [4.69, 9.17) is 9.15 Å². The van der Waals surface area contributed by atoms with E-state index in [0.29, 0.717) is 12.6 Å². The van der Waals surface area contributed by atoms with E-state index in [-0.39, 0.29) is 0 Å². The number of rotatable bonds is 6. The van der Waals surface area contributed by atoms with E-state index in [0.717, 1.165) is 24.0 Å². The largest absolute Gasteiger partial charge is 0.462 e. The highest BCUT2D eigenvalue weighted by Gasteiger charge is 2.26. The van der Waals surface area contributed by atoms with Gasteiger partial charge >= 0.3 is 0 Å². The van der Waals surface area contributed by atoms with E-state index in [1.165, 1.54) is 32.1 Å². The number of hydrogen-bond donors (Lipinski definition) is 1. The summed E-state index contributed by atoms with van der Waals surface area (Å²) in [5.74, 6) is 2.72. The topological polar surface area (TPSA) is 34.4 Å². The van der Waals surface area contributed by atoms with Crippen molar-refractivity contribution in [1.82, 2.24) is 5.32 Å². The predicted octanol–water partition coefficient (Wildman–Crippen LogP) is 3.66. The predicted molar refractivity (Wildman–Crippen MR) is 72.4 cm³/mol. The maximum atomic E-state index is 5.90. The fourth-order valence-corrected chi connectivity index (χ4v) is 2.97. The van der Waals surface area contributed by atoms with Gasteiger partial charge in [-0.1, -0.05) is 26.2 Å². The Bertz CT molecular complexity index is 342. The van der Waals surface area contributed by atoms with Crippen LogP contribution in [-0.4, -0.2) is 13.7 Å². The van der Waals surface area contributed by atoms with Crippen molar-refractivity contribution >= 4 is 0 Å². The lowest BCUT2D eigenvalue weighted by Gasteiger charge is -2.29. The van der Waals surface area contributed by atoms with Crippen LogP contribution < -0.4 is 5.32 Å². The molecule has 0 aromatic carbocycles. The highest BCUT2D eigenvalue weighted by Crippen LogP contribution is 2.35. The molecule has 1 saturated carbocycles. The maximum Gasteiger partial charge on any atom is 0.129 e. The van der Waals surface area contributed by atoms with Crippen LogP contribution >= 0.6 is 0 Å². The van der Waals surface area contributed by atoms with Gasteiger partial charge in [0.25, 0.3) is 0 Å². The minimum atomic E-state index is 0.376. The monoisotopic (exact) mass is 251 g/mol. The zero-order valence-electron chi connectivity index (χ0n) is 11.6. The number of furan rings is 1. The molecule has 1 heterocycles. The molecule has 0 radical (unpaired) electrons. The average Bonchev–Trinajstić information content (AvgIpc) is 2.86. The summed E-state index contributed by atoms with van der Waals surface area (Å²) in [4.78, 5) is 0. The zero-order valence-corrected chi connectivity index (χ0v) is 11.6. The average molecular weight is 251 g/mol. The van der Waals surface area contributed by atoms with Gasteiger partial charge in [0, 0.05) is 7.11 Å². The number of hydrogen-bond acceptors (Lipinski definition) is 3. The smallest absolute Gasteiger partial charge is 0.129 e. The summed E-state index contributed by atoms with van der Waals surface area (Å²) in [6.45, 7) is 3.71. The molecule has 0 amide bonds. The molecule has 0 aliphatic heterocycles. The van der Waals surface area contributed by atoms with Gasteiger partial charge in [0.1, 0.15) is 18.1 Å². The van der Waals surface area contributed by atoms with Gasteiger partial charge in [-0.2, -0.15) is 0 Å². The van der Waals surface area contributed by atoms with Gasteiger partial charge in [0.05, 0.1) is 6.04 Å². The highest BCUT2D eigenvalue weighted by atomic mass is 16.5. The van der Waals surface area contributed by atoms with Crippen LogP contribution in [0.5, 0.6) is 0 Å². The molecule has 0 saturated heterocycles. The lowest BCUT2D eigenvalue weighted by Crippen LogP contribution is -2.29. The van der Waals surface area contributed by atoms with E-state index >= 15 is 0 Å². The molecule has 3 nitrogen and oxygen atoms in total. The number of ether oxygens (including phenoxy) is 1. The molecular weight excluding hydrogens is 226 g/mol. The van der Waals surface area contributed by atoms with Crippen molar-refractivity contribution in [1.29, 1.82) is 0 Å². The molecule has 1 aliphatic rings. The van der Waals surface area contributed by atoms with Crippen molar-refractivity contribution in [3.8, 4) is 0 Å². The summed E-state index contributed by atoms with van der Waals surface area (Å²) in [5.41, 5.74) is 0. The van der Waals surface area contributed by atoms with E-state index in [1.54, 1.807) is 7.11 Å². The molecule has 0 spiro atoms. The summed E-state index contributed by atoms with van der Waals surface area (Å²) in [6.07, 6.45) is 6.74. The third kappa shape index (κ3) is 3.36. The Labute approximate surface area is 110 Å². The Morgan fingerprint density at radius 1 is 1.33 bits per heavy atom. The molecule has 1 atom stereocenters. The van der Waals surface area contributed by atoms with Crippen molar-refractivity contribution in [2.45, 2.75) is 51.7 Å². The van der Waals surface area contributed by atoms with Gasteiger partial charge in [-0.05, 0) is 37.4 Å². The van der Waals surface area contributed by atoms with Gasteiger partial charge in [-0.25, -0.2) is 0 Å². The first kappa shape index (κ1) is 13.6. The van der Waals surface area contributed by atoms with Crippen molar-refractivity contribution < 1.29 is 9.15 Å². The highest BCUT2D eigenvalue weighted by molar-refractivity contribution is 5.11.